The van der Waals surface area contributed by atoms with Crippen LogP contribution in [0.4, 0.5) is 5.69 Å². The van der Waals surface area contributed by atoms with Gasteiger partial charge in [0.05, 0.1) is 25.3 Å². The normalized spacial score (nSPS) is 19.5. The first-order valence-corrected chi connectivity index (χ1v) is 47.8. The third-order valence-electron chi connectivity index (χ3n) is 21.5. The molecule has 2 aliphatic rings. The predicted molar refractivity (Wildman–Crippen MR) is 489 cm³/mol. The number of rotatable bonds is 47. The number of nitrogens with zero attached hydrogens (tertiary/aromatic N) is 2. The van der Waals surface area contributed by atoms with Crippen molar-refractivity contribution in [2.75, 3.05) is 80.7 Å². The molecule has 2 aliphatic heterocycles. The quantitative estimate of drug-likeness (QED) is 0.00823. The van der Waals surface area contributed by atoms with E-state index in [1.807, 2.05) is 27.7 Å². The number of carboxylic acids is 1. The van der Waals surface area contributed by atoms with E-state index in [0.29, 0.717) is 43.4 Å². The number of nitroso groups, excluding NO2 is 2. The van der Waals surface area contributed by atoms with E-state index < -0.39 is 207 Å². The molecule has 2 fully saturated rings. The molecule has 15 amide bonds. The van der Waals surface area contributed by atoms with E-state index in [2.05, 4.69) is 101 Å². The van der Waals surface area contributed by atoms with Crippen LogP contribution in [0.5, 0.6) is 0 Å². The molecule has 48 heteroatoms. The van der Waals surface area contributed by atoms with Gasteiger partial charge in [-0.1, -0.05) is 80.5 Å². The number of hydrogen-bond acceptors (Lipinski definition) is 28. The lowest BCUT2D eigenvalue weighted by Crippen LogP contribution is -2.60. The highest BCUT2D eigenvalue weighted by molar-refractivity contribution is 8.76. The molecule has 0 spiro atoms. The summed E-state index contributed by atoms with van der Waals surface area (Å²) < 4.78 is 33.5. The van der Waals surface area contributed by atoms with Crippen LogP contribution in [0, 0.1) is 21.1 Å². The minimum Gasteiger partial charge on any atom is -0.481 e. The number of carboxylic acid groups (broad SMARTS) is 1. The van der Waals surface area contributed by atoms with Gasteiger partial charge in [0.2, 0.25) is 88.6 Å². The number of amides is 15. The average molecular weight is 1900 g/mol. The fourth-order valence-electron chi connectivity index (χ4n) is 13.2. The molecule has 2 heterocycles. The Morgan fingerprint density at radius 3 is 1.68 bits per heavy atom. The van der Waals surface area contributed by atoms with Gasteiger partial charge in [0, 0.05) is 97.7 Å². The third kappa shape index (κ3) is 41.3. The fourth-order valence-corrected chi connectivity index (χ4v) is 17.1. The van der Waals surface area contributed by atoms with Gasteiger partial charge in [0.15, 0.2) is 5.96 Å². The standard InChI is InChI=1S/C82H124N22O22S4/c1-48(103-122)81(3,4)92-37-31-50(32-38-93-82(5,6)49(2)104-123)30-36-88-65(106)25-15-24-64(105)86-33-12-10-20-55(72(83)114)95-68(109)42-91-74(116)60-44-127-47-70(111)96-57(21-11-13-34-87-66(107)28-29-67(108)94-53-26-27-54-52(40-53)19-14-23-63(54)130(124,125)126)75(117)101-61-45-128-129-46-62(79(121)99-58(76(118)100-60)39-51-17-8-7-9-18-51)102-77(119)59(41-71(112)113)97-69(110)43-90-73(115)56(98-78(61)120)22-16-35-89-80(84)85/h7-9,14,17-19,23,26-27,40,48-50,55-62,92-93H,10-13,15-16,20-22,24-25,28-39,41-47H2,1-6H3,(H2,83,114)(H,86,105)(H,87,107)(H,88,106)(H,90,115)(H,91,116)(H,94,108)(H,95,109)(H,96,111)(H,97,110)(H,98,120)(H,99,121)(H,100,118)(H,101,117)(H,102,119)(H,112,113)(H4,84,85,89)(H,124,125,126)/t48?,49?,50?,55-,56-,57-,58?,59-,60-,61-,62-/m0/s1. The number of aliphatic carboxylic acids is 1. The lowest BCUT2D eigenvalue weighted by atomic mass is 9.92. The summed E-state index contributed by atoms with van der Waals surface area (Å²) >= 11 is 0.744. The summed E-state index contributed by atoms with van der Waals surface area (Å²) in [7, 11) is -2.88. The maximum Gasteiger partial charge on any atom is 0.305 e. The molecule has 3 aromatic rings. The number of unbranched alkanes of at least 4 members (excludes halogenated alkanes) is 2. The molecule has 44 nitrogen and oxygen atoms in total. The predicted octanol–water partition coefficient (Wildman–Crippen LogP) is -0.784. The summed E-state index contributed by atoms with van der Waals surface area (Å²) in [5, 5.41) is 69.8. The van der Waals surface area contributed by atoms with E-state index in [-0.39, 0.29) is 143 Å². The molecule has 130 heavy (non-hydrogen) atoms. The van der Waals surface area contributed by atoms with E-state index in [0.717, 1.165) is 46.2 Å². The minimum atomic E-state index is -4.56. The van der Waals surface area contributed by atoms with Crippen LogP contribution in [-0.4, -0.2) is 265 Å². The smallest absolute Gasteiger partial charge is 0.305 e. The molecule has 10 atom stereocenters. The number of thioether (sulfide) groups is 1. The molecule has 2 saturated heterocycles. The summed E-state index contributed by atoms with van der Waals surface area (Å²) in [5.74, 6) is -16.6. The molecule has 3 unspecified atom stereocenters. The molecule has 718 valence electrons. The summed E-state index contributed by atoms with van der Waals surface area (Å²) in [6.45, 7) is 11.0. The van der Waals surface area contributed by atoms with Crippen LogP contribution in [0.25, 0.3) is 10.8 Å². The number of carbonyl (C=O) groups excluding carboxylic acids is 15. The Bertz CT molecular complexity index is 4510. The van der Waals surface area contributed by atoms with Crippen molar-refractivity contribution in [3.8, 4) is 0 Å². The SMILES string of the molecule is CC(N=O)C(C)(C)NCCC(CCNC(=O)CCCC(=O)NCCCC[C@H](NC(=O)CNC(=O)[C@@H]1CSCC(=O)N[C@@H](CCCCNC(=O)CCC(=O)Nc2ccc3c(S(=O)(=O)O)cccc3c2)C(=O)N[C@H]2CSSC[C@H](NC(=O)[C@H](CC(=O)O)NC(=O)CNC(=O)[C@H](CCCNC(=N)N)NC2=O)C(=O)NC(Cc2ccccc2)C(=O)N1)C(N)=O)CCNC(C)(C)C(C)N=O. The van der Waals surface area contributed by atoms with Crippen LogP contribution < -0.4 is 102 Å². The van der Waals surface area contributed by atoms with Crippen molar-refractivity contribution in [3.63, 3.8) is 0 Å². The molecule has 0 radical (unpaired) electrons. The number of carbonyl (C=O) groups is 16. The van der Waals surface area contributed by atoms with Gasteiger partial charge < -0.3 is 107 Å². The highest BCUT2D eigenvalue weighted by Gasteiger charge is 2.37. The van der Waals surface area contributed by atoms with Crippen molar-refractivity contribution in [1.29, 1.82) is 5.41 Å². The maximum absolute atomic E-state index is 14.9. The van der Waals surface area contributed by atoms with Gasteiger partial charge in [0.25, 0.3) is 10.1 Å². The number of nitrogens with two attached hydrogens (primary N) is 2. The van der Waals surface area contributed by atoms with Gasteiger partial charge in [-0.3, -0.25) is 86.7 Å². The number of nitrogens with one attached hydrogen (secondary N) is 18. The highest BCUT2D eigenvalue weighted by Crippen LogP contribution is 2.28. The average Bonchev–Trinajstić information content (AvgIpc) is 0.790. The summed E-state index contributed by atoms with van der Waals surface area (Å²) in [4.78, 5) is 242. The van der Waals surface area contributed by atoms with E-state index in [4.69, 9.17) is 16.9 Å². The lowest BCUT2D eigenvalue weighted by Gasteiger charge is -2.31. The van der Waals surface area contributed by atoms with E-state index in [1.165, 1.54) is 30.3 Å². The molecule has 5 rings (SSSR count). The number of hydrogen-bond donors (Lipinski definition) is 22. The first kappa shape index (κ1) is 109. The molecule has 24 N–H and O–H groups in total. The second-order valence-electron chi connectivity index (χ2n) is 32.6. The van der Waals surface area contributed by atoms with Crippen LogP contribution in [0.1, 0.15) is 156 Å². The van der Waals surface area contributed by atoms with E-state index in [9.17, 15) is 105 Å². The van der Waals surface area contributed by atoms with Crippen LogP contribution in [0.2, 0.25) is 0 Å². The monoisotopic (exact) mass is 1900 g/mol. The molecular formula is C82H124N22O22S4. The third-order valence-corrected chi connectivity index (χ3v) is 25.9. The van der Waals surface area contributed by atoms with Crippen LogP contribution in [-0.2, 0) is 93.3 Å². The van der Waals surface area contributed by atoms with Crippen molar-refractivity contribution < 1.29 is 94.8 Å². The Morgan fingerprint density at radius 1 is 0.546 bits per heavy atom. The van der Waals surface area contributed by atoms with Crippen molar-refractivity contribution in [3.05, 3.63) is 82.1 Å². The summed E-state index contributed by atoms with van der Waals surface area (Å²) in [6.07, 6.45) is 0.950. The van der Waals surface area contributed by atoms with Gasteiger partial charge in [-0.25, -0.2) is 0 Å². The maximum atomic E-state index is 14.9. The number of guanidine groups is 1. The second-order valence-corrected chi connectivity index (χ2v) is 37.5. The topological polar surface area (TPSA) is 687 Å². The second kappa shape index (κ2) is 56.4. The largest absolute Gasteiger partial charge is 0.481 e. The number of fused-ring (bicyclic) bond motifs is 6. The van der Waals surface area contributed by atoms with Gasteiger partial charge in [-0.15, -0.1) is 11.8 Å². The van der Waals surface area contributed by atoms with Gasteiger partial charge in [-0.05, 0) is 167 Å². The van der Waals surface area contributed by atoms with Crippen molar-refractivity contribution in [2.24, 2.45) is 27.7 Å². The zero-order chi connectivity index (χ0) is 96.1. The molecule has 0 aromatic heterocycles. The molecule has 2 bridgehead atoms. The van der Waals surface area contributed by atoms with Crippen molar-refractivity contribution in [1.82, 2.24) is 85.1 Å². The summed E-state index contributed by atoms with van der Waals surface area (Å²) in [6, 6.07) is 2.83. The molecular weight excluding hydrogens is 1770 g/mol. The highest BCUT2D eigenvalue weighted by atomic mass is 33.1. The Morgan fingerprint density at radius 2 is 1.08 bits per heavy atom. The first-order valence-electron chi connectivity index (χ1n) is 42.7. The fraction of sp³-hybridized carbons (Fsp3) is 0.598. The van der Waals surface area contributed by atoms with Gasteiger partial charge >= 0.3 is 5.97 Å². The Balaban J connectivity index is 1.32. The Kier molecular flexibility index (Phi) is 47.4. The molecule has 0 saturated carbocycles. The van der Waals surface area contributed by atoms with Crippen LogP contribution in [0.3, 0.4) is 0 Å². The zero-order valence-electron chi connectivity index (χ0n) is 73.7. The number of benzene rings is 3. The van der Waals surface area contributed by atoms with Crippen LogP contribution >= 0.6 is 33.3 Å². The Labute approximate surface area is 765 Å². The first-order chi connectivity index (χ1) is 61.6. The number of anilines is 1. The van der Waals surface area contributed by atoms with Gasteiger partial charge in [-0.2, -0.15) is 18.2 Å². The number of primary amides is 1. The minimum absolute atomic E-state index is 0.0117. The van der Waals surface area contributed by atoms with E-state index >= 15 is 0 Å². The molecule has 3 aromatic carbocycles. The Hall–Kier alpha value is -11.2. The summed E-state index contributed by atoms with van der Waals surface area (Å²) in [5.41, 5.74) is 10.8. The van der Waals surface area contributed by atoms with Crippen LogP contribution in [0.15, 0.2) is 82.0 Å². The van der Waals surface area contributed by atoms with Crippen molar-refractivity contribution in [2.45, 2.75) is 234 Å². The van der Waals surface area contributed by atoms with E-state index in [1.54, 1.807) is 50.2 Å². The molecule has 0 aliphatic carbocycles. The van der Waals surface area contributed by atoms with Gasteiger partial charge in [0.1, 0.15) is 65.3 Å². The zero-order valence-corrected chi connectivity index (χ0v) is 76.9. The lowest BCUT2D eigenvalue weighted by molar-refractivity contribution is -0.141. The van der Waals surface area contributed by atoms with Crippen molar-refractivity contribution >= 4 is 160 Å².